The molecule has 4 nitrogen and oxygen atoms in total. The van der Waals surface area contributed by atoms with Crippen LogP contribution < -0.4 is 4.74 Å². The van der Waals surface area contributed by atoms with Gasteiger partial charge in [-0.25, -0.2) is 0 Å². The molecule has 0 atom stereocenters. The van der Waals surface area contributed by atoms with Crippen molar-refractivity contribution in [1.82, 2.24) is 9.88 Å². The van der Waals surface area contributed by atoms with Gasteiger partial charge in [0.25, 0.3) is 0 Å². The quantitative estimate of drug-likeness (QED) is 0.732. The number of likely N-dealkylation sites (tertiary alicyclic amines) is 1. The molecule has 2 heterocycles. The molecule has 0 aliphatic carbocycles. The van der Waals surface area contributed by atoms with Crippen LogP contribution in [0, 0.1) is 17.2 Å². The monoisotopic (exact) mass is 329 g/mol. The number of fused-ring (bicyclic) bond motifs is 1. The van der Waals surface area contributed by atoms with Crippen molar-refractivity contribution in [2.45, 2.75) is 0 Å². The molecular formula is C21H19N3O. The van der Waals surface area contributed by atoms with Gasteiger partial charge in [0.15, 0.2) is 0 Å². The summed E-state index contributed by atoms with van der Waals surface area (Å²) in [7, 11) is 2.12. The van der Waals surface area contributed by atoms with E-state index in [0.717, 1.165) is 47.3 Å². The van der Waals surface area contributed by atoms with Gasteiger partial charge in [-0.2, -0.15) is 5.26 Å². The van der Waals surface area contributed by atoms with Crippen LogP contribution in [0.25, 0.3) is 21.9 Å². The van der Waals surface area contributed by atoms with Crippen LogP contribution in [-0.4, -0.2) is 36.6 Å². The van der Waals surface area contributed by atoms with E-state index in [1.807, 2.05) is 36.5 Å². The highest BCUT2D eigenvalue weighted by molar-refractivity contribution is 5.92. The molecule has 0 unspecified atom stereocenters. The first-order chi connectivity index (χ1) is 12.2. The summed E-state index contributed by atoms with van der Waals surface area (Å²) in [6.45, 7) is 2.89. The predicted octanol–water partition coefficient (Wildman–Crippen LogP) is 3.71. The average molecular weight is 329 g/mol. The van der Waals surface area contributed by atoms with Gasteiger partial charge in [-0.15, -0.1) is 0 Å². The lowest BCUT2D eigenvalue weighted by Crippen LogP contribution is -2.46. The predicted molar refractivity (Wildman–Crippen MR) is 98.4 cm³/mol. The molecule has 4 heteroatoms. The Bertz CT molecular complexity index is 955. The van der Waals surface area contributed by atoms with Crippen LogP contribution in [0.3, 0.4) is 0 Å². The summed E-state index contributed by atoms with van der Waals surface area (Å²) in [6, 6.07) is 16.0. The molecule has 1 fully saturated rings. The van der Waals surface area contributed by atoms with E-state index in [1.54, 1.807) is 6.20 Å². The van der Waals surface area contributed by atoms with Crippen molar-refractivity contribution < 1.29 is 4.74 Å². The minimum Gasteiger partial charge on any atom is -0.492 e. The van der Waals surface area contributed by atoms with Gasteiger partial charge in [-0.3, -0.25) is 4.98 Å². The Morgan fingerprint density at radius 1 is 1.20 bits per heavy atom. The Labute approximate surface area is 147 Å². The van der Waals surface area contributed by atoms with Crippen LogP contribution in [0.5, 0.6) is 5.75 Å². The van der Waals surface area contributed by atoms with Crippen LogP contribution in [0.2, 0.25) is 0 Å². The molecule has 0 N–H and O–H groups in total. The van der Waals surface area contributed by atoms with Crippen molar-refractivity contribution in [1.29, 1.82) is 5.26 Å². The summed E-state index contributed by atoms with van der Waals surface area (Å²) in [5, 5.41) is 11.3. The molecule has 0 amide bonds. The van der Waals surface area contributed by atoms with Crippen LogP contribution in [0.4, 0.5) is 0 Å². The fourth-order valence-electron chi connectivity index (χ4n) is 3.36. The van der Waals surface area contributed by atoms with Crippen molar-refractivity contribution in [2.75, 3.05) is 26.7 Å². The molecule has 1 aliphatic rings. The molecule has 0 radical (unpaired) electrons. The first-order valence-electron chi connectivity index (χ1n) is 8.42. The third-order valence-electron chi connectivity index (χ3n) is 4.66. The van der Waals surface area contributed by atoms with E-state index < -0.39 is 0 Å². The summed E-state index contributed by atoms with van der Waals surface area (Å²) >= 11 is 0. The summed E-state index contributed by atoms with van der Waals surface area (Å²) < 4.78 is 6.16. The van der Waals surface area contributed by atoms with Gasteiger partial charge in [-0.05, 0) is 53.9 Å². The first kappa shape index (κ1) is 15.6. The fraction of sp³-hybridized carbons (Fsp3) is 0.238. The van der Waals surface area contributed by atoms with Gasteiger partial charge in [0, 0.05) is 36.8 Å². The molecule has 1 saturated heterocycles. The molecule has 124 valence electrons. The Balaban J connectivity index is 1.71. The Hall–Kier alpha value is -2.90. The van der Waals surface area contributed by atoms with E-state index in [9.17, 15) is 0 Å². The van der Waals surface area contributed by atoms with Gasteiger partial charge in [0.1, 0.15) is 5.75 Å². The number of nitriles is 1. The lowest BCUT2D eigenvalue weighted by molar-refractivity contribution is 0.0864. The molecule has 25 heavy (non-hydrogen) atoms. The van der Waals surface area contributed by atoms with Crippen LogP contribution in [0.15, 0.2) is 54.9 Å². The van der Waals surface area contributed by atoms with Gasteiger partial charge in [-0.1, -0.05) is 12.1 Å². The zero-order valence-corrected chi connectivity index (χ0v) is 14.1. The molecule has 0 bridgehead atoms. The van der Waals surface area contributed by atoms with Crippen LogP contribution >= 0.6 is 0 Å². The van der Waals surface area contributed by atoms with E-state index in [4.69, 9.17) is 10.00 Å². The van der Waals surface area contributed by atoms with Crippen molar-refractivity contribution in [3.05, 3.63) is 60.4 Å². The Morgan fingerprint density at radius 2 is 2.08 bits per heavy atom. The van der Waals surface area contributed by atoms with Crippen molar-refractivity contribution in [3.8, 4) is 22.9 Å². The van der Waals surface area contributed by atoms with E-state index in [2.05, 4.69) is 35.1 Å². The number of nitrogens with zero attached hydrogens (tertiary/aromatic N) is 3. The Morgan fingerprint density at radius 3 is 2.88 bits per heavy atom. The first-order valence-corrected chi connectivity index (χ1v) is 8.42. The number of rotatable bonds is 4. The SMILES string of the molecule is CN1CC(COc2cc(-c3cccc(C#N)c3)cc3ccncc23)C1. The summed E-state index contributed by atoms with van der Waals surface area (Å²) in [5.74, 6) is 1.44. The molecule has 4 rings (SSSR count). The molecule has 2 aromatic carbocycles. The molecule has 3 aromatic rings. The number of ether oxygens (including phenoxy) is 1. The molecule has 1 aliphatic heterocycles. The summed E-state index contributed by atoms with van der Waals surface area (Å²) in [6.07, 6.45) is 3.65. The number of hydrogen-bond donors (Lipinski definition) is 0. The van der Waals surface area contributed by atoms with Gasteiger partial charge < -0.3 is 9.64 Å². The fourth-order valence-corrected chi connectivity index (χ4v) is 3.36. The summed E-state index contributed by atoms with van der Waals surface area (Å²) in [5.41, 5.74) is 2.73. The highest BCUT2D eigenvalue weighted by Gasteiger charge is 2.23. The number of benzene rings is 2. The molecular weight excluding hydrogens is 310 g/mol. The highest BCUT2D eigenvalue weighted by Crippen LogP contribution is 2.33. The standard InChI is InChI=1S/C21H19N3O/c1-24-12-16(13-24)14-25-21-9-19(8-18-5-6-23-11-20(18)21)17-4-2-3-15(7-17)10-22/h2-9,11,16H,12-14H2,1H3. The third kappa shape index (κ3) is 3.19. The van der Waals surface area contributed by atoms with Crippen molar-refractivity contribution >= 4 is 10.8 Å². The summed E-state index contributed by atoms with van der Waals surface area (Å²) in [4.78, 5) is 6.53. The molecule has 0 spiro atoms. The van der Waals surface area contributed by atoms with Gasteiger partial charge in [0.2, 0.25) is 0 Å². The van der Waals surface area contributed by atoms with Gasteiger partial charge in [0.05, 0.1) is 18.2 Å². The number of pyridine rings is 1. The lowest BCUT2D eigenvalue weighted by Gasteiger charge is -2.35. The van der Waals surface area contributed by atoms with Crippen molar-refractivity contribution in [3.63, 3.8) is 0 Å². The molecule has 0 saturated carbocycles. The topological polar surface area (TPSA) is 49.1 Å². The zero-order valence-electron chi connectivity index (χ0n) is 14.1. The van der Waals surface area contributed by atoms with Crippen LogP contribution in [-0.2, 0) is 0 Å². The second-order valence-corrected chi connectivity index (χ2v) is 6.66. The van der Waals surface area contributed by atoms with Gasteiger partial charge >= 0.3 is 0 Å². The number of hydrogen-bond acceptors (Lipinski definition) is 4. The minimum atomic E-state index is 0.585. The average Bonchev–Trinajstić information content (AvgIpc) is 2.64. The van der Waals surface area contributed by atoms with E-state index >= 15 is 0 Å². The third-order valence-corrected chi connectivity index (χ3v) is 4.66. The lowest BCUT2D eigenvalue weighted by atomic mass is 9.99. The normalized spacial score (nSPS) is 14.9. The largest absolute Gasteiger partial charge is 0.492 e. The molecule has 1 aromatic heterocycles. The minimum absolute atomic E-state index is 0.585. The van der Waals surface area contributed by atoms with E-state index in [0.29, 0.717) is 11.5 Å². The second-order valence-electron chi connectivity index (χ2n) is 6.66. The van der Waals surface area contributed by atoms with Crippen LogP contribution in [0.1, 0.15) is 5.56 Å². The maximum absolute atomic E-state index is 9.15. The zero-order chi connectivity index (χ0) is 17.2. The van der Waals surface area contributed by atoms with E-state index in [-0.39, 0.29) is 0 Å². The second kappa shape index (κ2) is 6.54. The maximum Gasteiger partial charge on any atom is 0.129 e. The number of aromatic nitrogens is 1. The smallest absolute Gasteiger partial charge is 0.129 e. The maximum atomic E-state index is 9.15. The Kier molecular flexibility index (Phi) is 4.09. The highest BCUT2D eigenvalue weighted by atomic mass is 16.5. The van der Waals surface area contributed by atoms with Crippen molar-refractivity contribution in [2.24, 2.45) is 5.92 Å². The van der Waals surface area contributed by atoms with E-state index in [1.165, 1.54) is 0 Å².